The molecule has 1 aromatic heterocycles. The smallest absolute Gasteiger partial charge is 0.363 e. The molecule has 1 aliphatic rings. The summed E-state index contributed by atoms with van der Waals surface area (Å²) in [6, 6.07) is 9.36. The Hall–Kier alpha value is -2.17. The van der Waals surface area contributed by atoms with Gasteiger partial charge in [0.25, 0.3) is 0 Å². The van der Waals surface area contributed by atoms with Crippen LogP contribution in [0.15, 0.2) is 52.5 Å². The number of hydrogen-bond donors (Lipinski definition) is 0. The Bertz CT molecular complexity index is 800. The van der Waals surface area contributed by atoms with Crippen LogP contribution in [0.1, 0.15) is 16.0 Å². The number of carbonyl (C=O) groups is 1. The minimum absolute atomic E-state index is 0.292. The average molecular weight is 330 g/mol. The quantitative estimate of drug-likeness (QED) is 0.603. The van der Waals surface area contributed by atoms with Crippen molar-refractivity contribution < 1.29 is 9.53 Å². The van der Waals surface area contributed by atoms with Crippen LogP contribution in [0.3, 0.4) is 0 Å². The predicted molar refractivity (Wildman–Crippen MR) is 91.0 cm³/mol. The maximum absolute atomic E-state index is 11.8. The number of ether oxygens (including phenoxy) is 1. The average Bonchev–Trinajstić information content (AvgIpc) is 3.06. The van der Waals surface area contributed by atoms with Crippen LogP contribution in [0.25, 0.3) is 12.2 Å². The Labute approximate surface area is 137 Å². The van der Waals surface area contributed by atoms with Crippen LogP contribution in [0, 0.1) is 6.92 Å². The van der Waals surface area contributed by atoms with Crippen LogP contribution in [0.5, 0.6) is 0 Å². The molecule has 0 aliphatic carbocycles. The maximum Gasteiger partial charge on any atom is 0.363 e. The molecule has 0 saturated heterocycles. The summed E-state index contributed by atoms with van der Waals surface area (Å²) in [7, 11) is 0. The molecule has 0 spiro atoms. The number of aryl methyl sites for hydroxylation is 1. The van der Waals surface area contributed by atoms with Gasteiger partial charge in [0.15, 0.2) is 5.70 Å². The number of esters is 1. The van der Waals surface area contributed by atoms with Gasteiger partial charge in [0.1, 0.15) is 0 Å². The lowest BCUT2D eigenvalue weighted by molar-refractivity contribution is -0.129. The fraction of sp³-hybridized carbons (Fsp3) is 0.0588. The normalized spacial score (nSPS) is 16.4. The van der Waals surface area contributed by atoms with Gasteiger partial charge in [-0.1, -0.05) is 23.7 Å². The zero-order chi connectivity index (χ0) is 15.5. The van der Waals surface area contributed by atoms with Gasteiger partial charge in [0.2, 0.25) is 5.90 Å². The minimum Gasteiger partial charge on any atom is -0.403 e. The molecule has 0 fully saturated rings. The summed E-state index contributed by atoms with van der Waals surface area (Å²) in [5, 5.41) is 2.66. The molecule has 0 radical (unpaired) electrons. The Balaban J connectivity index is 1.80. The van der Waals surface area contributed by atoms with E-state index in [2.05, 4.69) is 4.99 Å². The molecule has 2 aromatic rings. The largest absolute Gasteiger partial charge is 0.403 e. The van der Waals surface area contributed by atoms with Gasteiger partial charge in [-0.15, -0.1) is 11.3 Å². The maximum atomic E-state index is 11.8. The molecule has 5 heteroatoms. The highest BCUT2D eigenvalue weighted by molar-refractivity contribution is 7.11. The molecule has 1 aromatic carbocycles. The summed E-state index contributed by atoms with van der Waals surface area (Å²) in [5.74, 6) is -0.135. The van der Waals surface area contributed by atoms with Gasteiger partial charge in [-0.25, -0.2) is 9.79 Å². The summed E-state index contributed by atoms with van der Waals surface area (Å²) < 4.78 is 5.14. The van der Waals surface area contributed by atoms with Crippen LogP contribution < -0.4 is 0 Å². The summed E-state index contributed by atoms with van der Waals surface area (Å²) in [6.07, 6.45) is 5.25. The van der Waals surface area contributed by atoms with Gasteiger partial charge in [-0.3, -0.25) is 0 Å². The van der Waals surface area contributed by atoms with Crippen LogP contribution in [-0.2, 0) is 9.53 Å². The minimum atomic E-state index is -0.427. The van der Waals surface area contributed by atoms with Crippen molar-refractivity contribution in [1.29, 1.82) is 0 Å². The fourth-order valence-electron chi connectivity index (χ4n) is 1.89. The number of halogens is 1. The van der Waals surface area contributed by atoms with Crippen molar-refractivity contribution in [1.82, 2.24) is 0 Å². The van der Waals surface area contributed by atoms with E-state index in [0.717, 1.165) is 16.0 Å². The second kappa shape index (κ2) is 6.30. The van der Waals surface area contributed by atoms with Crippen molar-refractivity contribution in [3.8, 4) is 0 Å². The highest BCUT2D eigenvalue weighted by Gasteiger charge is 2.21. The number of cyclic esters (lactones) is 1. The molecule has 0 N–H and O–H groups in total. The first-order valence-electron chi connectivity index (χ1n) is 6.62. The second-order valence-corrected chi connectivity index (χ2v) is 6.11. The third-order valence-electron chi connectivity index (χ3n) is 3.09. The van der Waals surface area contributed by atoms with Crippen molar-refractivity contribution in [2.45, 2.75) is 6.92 Å². The zero-order valence-corrected chi connectivity index (χ0v) is 13.3. The molecular weight excluding hydrogens is 318 g/mol. The predicted octanol–water partition coefficient (Wildman–Crippen LogP) is 4.72. The molecule has 0 amide bonds. The van der Waals surface area contributed by atoms with E-state index in [1.165, 1.54) is 0 Å². The van der Waals surface area contributed by atoms with E-state index in [9.17, 15) is 4.79 Å². The summed E-state index contributed by atoms with van der Waals surface area (Å²) in [4.78, 5) is 17.1. The monoisotopic (exact) mass is 329 g/mol. The first-order valence-corrected chi connectivity index (χ1v) is 7.88. The van der Waals surface area contributed by atoms with E-state index in [-0.39, 0.29) is 0 Å². The van der Waals surface area contributed by atoms with Crippen LogP contribution in [-0.4, -0.2) is 11.9 Å². The highest BCUT2D eigenvalue weighted by Crippen LogP contribution is 2.22. The molecule has 1 aliphatic heterocycles. The summed E-state index contributed by atoms with van der Waals surface area (Å²) >= 11 is 7.40. The second-order valence-electron chi connectivity index (χ2n) is 4.72. The number of carbonyl (C=O) groups excluding carboxylic acids is 1. The first-order chi connectivity index (χ1) is 10.6. The van der Waals surface area contributed by atoms with Gasteiger partial charge in [0, 0.05) is 16.0 Å². The molecule has 0 unspecified atom stereocenters. The van der Waals surface area contributed by atoms with Gasteiger partial charge >= 0.3 is 5.97 Å². The Morgan fingerprint density at radius 2 is 1.95 bits per heavy atom. The van der Waals surface area contributed by atoms with Crippen LogP contribution in [0.2, 0.25) is 5.02 Å². The van der Waals surface area contributed by atoms with Crippen molar-refractivity contribution in [2.75, 3.05) is 0 Å². The molecular formula is C17H12ClNO2S. The fourth-order valence-corrected chi connectivity index (χ4v) is 2.87. The lowest BCUT2D eigenvalue weighted by Gasteiger charge is -1.94. The van der Waals surface area contributed by atoms with E-state index < -0.39 is 5.97 Å². The van der Waals surface area contributed by atoms with Gasteiger partial charge in [-0.05, 0) is 53.8 Å². The first kappa shape index (κ1) is 14.8. The third-order valence-corrected chi connectivity index (χ3v) is 4.31. The van der Waals surface area contributed by atoms with Gasteiger partial charge in [-0.2, -0.15) is 0 Å². The molecule has 0 saturated carbocycles. The summed E-state index contributed by atoms with van der Waals surface area (Å²) in [5.41, 5.74) is 2.39. The van der Waals surface area contributed by atoms with E-state index in [4.69, 9.17) is 16.3 Å². The molecule has 3 rings (SSSR count). The molecule has 0 atom stereocenters. The number of benzene rings is 1. The standard InChI is InChI=1S/C17H12ClNO2S/c1-11-8-9-22-15(11)10-14-17(20)21-16(19-14)7-4-12-2-5-13(18)6-3-12/h2-10H,1H3/b7-4+,14-10-. The number of thiophene rings is 1. The molecule has 2 heterocycles. The van der Waals surface area contributed by atoms with Crippen LogP contribution in [0.4, 0.5) is 0 Å². The third kappa shape index (κ3) is 3.35. The Morgan fingerprint density at radius 3 is 2.64 bits per heavy atom. The van der Waals surface area contributed by atoms with E-state index >= 15 is 0 Å². The van der Waals surface area contributed by atoms with Crippen molar-refractivity contribution in [3.63, 3.8) is 0 Å². The topological polar surface area (TPSA) is 38.7 Å². The van der Waals surface area contributed by atoms with E-state index in [1.807, 2.05) is 36.6 Å². The van der Waals surface area contributed by atoms with Crippen molar-refractivity contribution in [3.05, 3.63) is 68.5 Å². The number of nitrogens with zero attached hydrogens (tertiary/aromatic N) is 1. The molecule has 3 nitrogen and oxygen atoms in total. The number of hydrogen-bond acceptors (Lipinski definition) is 4. The summed E-state index contributed by atoms with van der Waals surface area (Å²) in [6.45, 7) is 1.99. The Kier molecular flexibility index (Phi) is 4.22. The van der Waals surface area contributed by atoms with Gasteiger partial charge in [0.05, 0.1) is 0 Å². The van der Waals surface area contributed by atoms with E-state index in [0.29, 0.717) is 16.6 Å². The Morgan fingerprint density at radius 1 is 1.18 bits per heavy atom. The lowest BCUT2D eigenvalue weighted by atomic mass is 10.2. The molecule has 110 valence electrons. The van der Waals surface area contributed by atoms with Crippen molar-refractivity contribution in [2.24, 2.45) is 4.99 Å². The zero-order valence-electron chi connectivity index (χ0n) is 11.7. The van der Waals surface area contributed by atoms with Crippen molar-refractivity contribution >= 4 is 47.0 Å². The highest BCUT2D eigenvalue weighted by atomic mass is 35.5. The van der Waals surface area contributed by atoms with Crippen LogP contribution >= 0.6 is 22.9 Å². The SMILES string of the molecule is Cc1ccsc1/C=C1N=C(/C=C/c2ccc(Cl)cc2)OC\1=O. The molecule has 0 bridgehead atoms. The van der Waals surface area contributed by atoms with E-state index in [1.54, 1.807) is 35.6 Å². The molecule has 22 heavy (non-hydrogen) atoms. The number of aliphatic imine (C=N–C) groups is 1. The van der Waals surface area contributed by atoms with Gasteiger partial charge < -0.3 is 4.74 Å². The number of rotatable bonds is 3. The lowest BCUT2D eigenvalue weighted by Crippen LogP contribution is -2.01.